The second-order valence-electron chi connectivity index (χ2n) is 6.98. The van der Waals surface area contributed by atoms with Crippen molar-refractivity contribution in [3.05, 3.63) is 0 Å². The van der Waals surface area contributed by atoms with Crippen LogP contribution in [0, 0.1) is 5.92 Å². The quantitative estimate of drug-likeness (QED) is 0.789. The van der Waals surface area contributed by atoms with Crippen LogP contribution in [0.1, 0.15) is 34.6 Å². The number of carbonyl (C=O) groups is 1. The minimum absolute atomic E-state index is 0.135. The minimum atomic E-state index is -0.621. The fourth-order valence-corrected chi connectivity index (χ4v) is 2.58. The van der Waals surface area contributed by atoms with Gasteiger partial charge in [-0.25, -0.2) is 4.79 Å². The number of aliphatic hydroxyl groups excluding tert-OH is 1. The lowest BCUT2D eigenvalue weighted by Gasteiger charge is -2.25. The number of aliphatic hydroxyl groups is 1. The van der Waals surface area contributed by atoms with Gasteiger partial charge in [0.1, 0.15) is 5.60 Å². The SMILES string of the molecule is CC(C)(C)OC(=O)N1C[C@@H]([C@@H]2COC(C)(C)O2)[C@H](O)C1. The fraction of sp³-hybridized carbons (Fsp3) is 0.929. The van der Waals surface area contributed by atoms with E-state index in [0.717, 1.165) is 0 Å². The fourth-order valence-electron chi connectivity index (χ4n) is 2.58. The topological polar surface area (TPSA) is 68.2 Å². The number of rotatable bonds is 1. The van der Waals surface area contributed by atoms with E-state index in [1.165, 1.54) is 4.90 Å². The molecular weight excluding hydrogens is 262 g/mol. The third-order valence-electron chi connectivity index (χ3n) is 3.49. The van der Waals surface area contributed by atoms with Crippen LogP contribution < -0.4 is 0 Å². The Hall–Kier alpha value is -0.850. The number of β-amino-alcohol motifs (C(OH)–C–C–N with tert-alkyl or cyclic N) is 1. The molecule has 0 saturated carbocycles. The minimum Gasteiger partial charge on any atom is -0.444 e. The Bertz CT molecular complexity index is 376. The summed E-state index contributed by atoms with van der Waals surface area (Å²) < 4.78 is 16.6. The number of carbonyl (C=O) groups excluding carboxylic acids is 1. The maximum absolute atomic E-state index is 12.0. The molecule has 6 heteroatoms. The van der Waals surface area contributed by atoms with Gasteiger partial charge in [-0.05, 0) is 34.6 Å². The highest BCUT2D eigenvalue weighted by Crippen LogP contribution is 2.32. The molecule has 20 heavy (non-hydrogen) atoms. The molecule has 2 heterocycles. The second-order valence-corrected chi connectivity index (χ2v) is 6.98. The molecule has 2 saturated heterocycles. The van der Waals surface area contributed by atoms with E-state index in [1.807, 2.05) is 34.6 Å². The molecule has 116 valence electrons. The van der Waals surface area contributed by atoms with E-state index in [4.69, 9.17) is 14.2 Å². The lowest BCUT2D eigenvalue weighted by Crippen LogP contribution is -2.36. The molecule has 2 fully saturated rings. The molecule has 2 aliphatic rings. The number of likely N-dealkylation sites (tertiary alicyclic amines) is 1. The summed E-state index contributed by atoms with van der Waals surface area (Å²) in [6.45, 7) is 10.3. The molecule has 0 unspecified atom stereocenters. The van der Waals surface area contributed by atoms with Gasteiger partial charge < -0.3 is 24.2 Å². The Kier molecular flexibility index (Phi) is 4.01. The Labute approximate surface area is 120 Å². The lowest BCUT2D eigenvalue weighted by molar-refractivity contribution is -0.147. The maximum atomic E-state index is 12.0. The summed E-state index contributed by atoms with van der Waals surface area (Å²) in [5.41, 5.74) is -0.533. The van der Waals surface area contributed by atoms with Gasteiger partial charge >= 0.3 is 6.09 Å². The average Bonchev–Trinajstić information content (AvgIpc) is 2.79. The Balaban J connectivity index is 1.94. The number of hydrogen-bond donors (Lipinski definition) is 1. The Morgan fingerprint density at radius 3 is 2.50 bits per heavy atom. The van der Waals surface area contributed by atoms with E-state index >= 15 is 0 Å². The van der Waals surface area contributed by atoms with Crippen molar-refractivity contribution in [3.8, 4) is 0 Å². The van der Waals surface area contributed by atoms with Crippen molar-refractivity contribution in [1.29, 1.82) is 0 Å². The average molecular weight is 287 g/mol. The number of amides is 1. The smallest absolute Gasteiger partial charge is 0.410 e. The van der Waals surface area contributed by atoms with Crippen molar-refractivity contribution in [3.63, 3.8) is 0 Å². The summed E-state index contributed by atoms with van der Waals surface area (Å²) in [4.78, 5) is 13.6. The largest absolute Gasteiger partial charge is 0.444 e. The zero-order valence-corrected chi connectivity index (χ0v) is 12.9. The van der Waals surface area contributed by atoms with Crippen LogP contribution in [-0.2, 0) is 14.2 Å². The highest BCUT2D eigenvalue weighted by molar-refractivity contribution is 5.68. The van der Waals surface area contributed by atoms with Crippen molar-refractivity contribution in [1.82, 2.24) is 4.90 Å². The molecule has 0 aromatic heterocycles. The van der Waals surface area contributed by atoms with Crippen LogP contribution in [-0.4, -0.2) is 59.4 Å². The standard InChI is InChI=1S/C14H25NO5/c1-13(2,3)20-12(17)15-6-9(10(16)7-15)11-8-18-14(4,5)19-11/h9-11,16H,6-8H2,1-5H3/t9-,10-,11+/m1/s1. The zero-order valence-electron chi connectivity index (χ0n) is 12.9. The van der Waals surface area contributed by atoms with Gasteiger partial charge in [-0.15, -0.1) is 0 Å². The van der Waals surface area contributed by atoms with Crippen LogP contribution in [0.2, 0.25) is 0 Å². The molecule has 0 spiro atoms. The van der Waals surface area contributed by atoms with Crippen molar-refractivity contribution < 1.29 is 24.1 Å². The summed E-state index contributed by atoms with van der Waals surface area (Å²) in [6.07, 6.45) is -1.19. The summed E-state index contributed by atoms with van der Waals surface area (Å²) in [7, 11) is 0. The van der Waals surface area contributed by atoms with E-state index in [1.54, 1.807) is 0 Å². The highest BCUT2D eigenvalue weighted by Gasteiger charge is 2.45. The van der Waals surface area contributed by atoms with Crippen LogP contribution in [0.5, 0.6) is 0 Å². The van der Waals surface area contributed by atoms with Gasteiger partial charge in [0.15, 0.2) is 5.79 Å². The molecule has 0 bridgehead atoms. The molecule has 3 atom stereocenters. The van der Waals surface area contributed by atoms with Gasteiger partial charge in [0.2, 0.25) is 0 Å². The normalized spacial score (nSPS) is 33.5. The van der Waals surface area contributed by atoms with Gasteiger partial charge in [0.05, 0.1) is 25.4 Å². The molecule has 0 radical (unpaired) electrons. The lowest BCUT2D eigenvalue weighted by atomic mass is 10.00. The molecule has 0 aliphatic carbocycles. The monoisotopic (exact) mass is 287 g/mol. The summed E-state index contributed by atoms with van der Waals surface area (Å²) in [5.74, 6) is -0.756. The third-order valence-corrected chi connectivity index (χ3v) is 3.49. The molecule has 2 aliphatic heterocycles. The van der Waals surface area contributed by atoms with Gasteiger partial charge in [0.25, 0.3) is 0 Å². The zero-order chi connectivity index (χ0) is 15.1. The van der Waals surface area contributed by atoms with Crippen LogP contribution in [0.4, 0.5) is 4.79 Å². The van der Waals surface area contributed by atoms with E-state index in [0.29, 0.717) is 13.2 Å². The molecule has 1 amide bonds. The predicted molar refractivity (Wildman–Crippen MR) is 72.2 cm³/mol. The first-order chi connectivity index (χ1) is 9.07. The van der Waals surface area contributed by atoms with Crippen molar-refractivity contribution in [2.45, 2.75) is 58.2 Å². The van der Waals surface area contributed by atoms with Gasteiger partial charge in [-0.2, -0.15) is 0 Å². The second kappa shape index (κ2) is 5.16. The molecule has 6 nitrogen and oxygen atoms in total. The van der Waals surface area contributed by atoms with Crippen molar-refractivity contribution >= 4 is 6.09 Å². The van der Waals surface area contributed by atoms with Crippen LogP contribution in [0.15, 0.2) is 0 Å². The summed E-state index contributed by atoms with van der Waals surface area (Å²) in [5, 5.41) is 10.2. The maximum Gasteiger partial charge on any atom is 0.410 e. The molecule has 2 rings (SSSR count). The first-order valence-corrected chi connectivity index (χ1v) is 7.05. The van der Waals surface area contributed by atoms with Gasteiger partial charge in [-0.1, -0.05) is 0 Å². The number of nitrogens with zero attached hydrogens (tertiary/aromatic N) is 1. The first kappa shape index (κ1) is 15.5. The highest BCUT2D eigenvalue weighted by atomic mass is 16.7. The van der Waals surface area contributed by atoms with Crippen molar-refractivity contribution in [2.24, 2.45) is 5.92 Å². The predicted octanol–water partition coefficient (Wildman–Crippen LogP) is 1.37. The van der Waals surface area contributed by atoms with Gasteiger partial charge in [0, 0.05) is 12.5 Å². The molecular formula is C14H25NO5. The number of hydrogen-bond acceptors (Lipinski definition) is 5. The summed E-state index contributed by atoms with van der Waals surface area (Å²) >= 11 is 0. The van der Waals surface area contributed by atoms with E-state index in [2.05, 4.69) is 0 Å². The molecule has 0 aromatic carbocycles. The van der Waals surface area contributed by atoms with Crippen LogP contribution in [0.25, 0.3) is 0 Å². The first-order valence-electron chi connectivity index (χ1n) is 7.05. The third kappa shape index (κ3) is 3.62. The van der Waals surface area contributed by atoms with Crippen LogP contribution in [0.3, 0.4) is 0 Å². The summed E-state index contributed by atoms with van der Waals surface area (Å²) in [6, 6.07) is 0. The van der Waals surface area contributed by atoms with E-state index in [9.17, 15) is 9.90 Å². The Morgan fingerprint density at radius 2 is 2.00 bits per heavy atom. The number of ether oxygens (including phenoxy) is 3. The van der Waals surface area contributed by atoms with E-state index in [-0.39, 0.29) is 18.6 Å². The Morgan fingerprint density at radius 1 is 1.35 bits per heavy atom. The van der Waals surface area contributed by atoms with Gasteiger partial charge in [-0.3, -0.25) is 0 Å². The molecule has 1 N–H and O–H groups in total. The van der Waals surface area contributed by atoms with E-state index < -0.39 is 23.6 Å². The van der Waals surface area contributed by atoms with Crippen molar-refractivity contribution in [2.75, 3.05) is 19.7 Å². The van der Waals surface area contributed by atoms with Crippen LogP contribution >= 0.6 is 0 Å². The molecule has 0 aromatic rings.